The summed E-state index contributed by atoms with van der Waals surface area (Å²) in [5.41, 5.74) is 6.62. The van der Waals surface area contributed by atoms with Gasteiger partial charge in [-0.25, -0.2) is 4.79 Å². The van der Waals surface area contributed by atoms with Crippen LogP contribution in [-0.4, -0.2) is 21.3 Å². The van der Waals surface area contributed by atoms with Crippen LogP contribution in [0.15, 0.2) is 57.1 Å². The molecular weight excluding hydrogens is 388 g/mol. The van der Waals surface area contributed by atoms with E-state index in [1.54, 1.807) is 36.4 Å². The summed E-state index contributed by atoms with van der Waals surface area (Å²) in [4.78, 5) is 13.0. The van der Waals surface area contributed by atoms with E-state index in [2.05, 4.69) is 6.07 Å². The number of nitriles is 1. The Balaban J connectivity index is 2.07. The molecule has 0 aliphatic carbocycles. The largest absolute Gasteiger partial charge is 0.493 e. The maximum Gasteiger partial charge on any atom is 0.344 e. The molecule has 8 nitrogen and oxygen atoms in total. The molecule has 1 aliphatic rings. The normalized spacial score (nSPS) is 15.2. The summed E-state index contributed by atoms with van der Waals surface area (Å²) in [5, 5.41) is 10.4. The van der Waals surface area contributed by atoms with E-state index in [-0.39, 0.29) is 22.8 Å². The molecule has 8 heteroatoms. The van der Waals surface area contributed by atoms with E-state index in [1.807, 2.05) is 0 Å². The lowest BCUT2D eigenvalue weighted by atomic mass is 9.83. The van der Waals surface area contributed by atoms with E-state index in [0.29, 0.717) is 33.8 Å². The number of rotatable bonds is 4. The van der Waals surface area contributed by atoms with Crippen LogP contribution in [0.2, 0.25) is 0 Å². The summed E-state index contributed by atoms with van der Waals surface area (Å²) in [7, 11) is 4.45. The highest BCUT2D eigenvalue weighted by Crippen LogP contribution is 2.47. The standard InChI is InChI=1S/C22H18N2O6/c1-26-15-8-11(9-16(27-2)20(15)28-3)17-13(10-23)21(24)30-19-12-6-4-5-7-14(12)29-22(25)18(17)19/h4-9,17H,24H2,1-3H3/t17-/m0/s1. The topological polar surface area (TPSA) is 117 Å². The Labute approximate surface area is 171 Å². The molecule has 152 valence electrons. The SMILES string of the molecule is COc1cc([C@H]2C(C#N)=C(N)Oc3c2c(=O)oc2ccccc32)cc(OC)c1OC. The smallest absolute Gasteiger partial charge is 0.344 e. The van der Waals surface area contributed by atoms with E-state index in [4.69, 9.17) is 29.1 Å². The molecule has 2 aromatic carbocycles. The second-order valence-corrected chi connectivity index (χ2v) is 6.51. The summed E-state index contributed by atoms with van der Waals surface area (Å²) >= 11 is 0. The Kier molecular flexibility index (Phi) is 4.72. The monoisotopic (exact) mass is 406 g/mol. The van der Waals surface area contributed by atoms with Crippen molar-refractivity contribution in [3.05, 3.63) is 69.4 Å². The third kappa shape index (κ3) is 2.79. The molecule has 30 heavy (non-hydrogen) atoms. The molecule has 0 fully saturated rings. The van der Waals surface area contributed by atoms with Crippen LogP contribution < -0.4 is 30.3 Å². The second kappa shape index (κ2) is 7.37. The molecule has 0 spiro atoms. The number of fused-ring (bicyclic) bond motifs is 3. The van der Waals surface area contributed by atoms with E-state index < -0.39 is 11.5 Å². The van der Waals surface area contributed by atoms with Crippen LogP contribution in [0.3, 0.4) is 0 Å². The van der Waals surface area contributed by atoms with Crippen LogP contribution in [0, 0.1) is 11.3 Å². The predicted molar refractivity (Wildman–Crippen MR) is 108 cm³/mol. The first-order valence-electron chi connectivity index (χ1n) is 8.97. The Morgan fingerprint density at radius 3 is 2.33 bits per heavy atom. The highest BCUT2D eigenvalue weighted by Gasteiger charge is 2.36. The summed E-state index contributed by atoms with van der Waals surface area (Å²) in [6, 6.07) is 12.4. The van der Waals surface area contributed by atoms with Gasteiger partial charge in [-0.05, 0) is 29.8 Å². The summed E-state index contributed by atoms with van der Waals surface area (Å²) in [5.74, 6) is 0.476. The number of benzene rings is 2. The van der Waals surface area contributed by atoms with Gasteiger partial charge in [0.25, 0.3) is 0 Å². The zero-order valence-electron chi connectivity index (χ0n) is 16.5. The average molecular weight is 406 g/mol. The molecule has 1 aliphatic heterocycles. The van der Waals surface area contributed by atoms with Gasteiger partial charge in [0.1, 0.15) is 17.2 Å². The first-order valence-corrected chi connectivity index (χ1v) is 8.97. The van der Waals surface area contributed by atoms with Gasteiger partial charge in [-0.2, -0.15) is 5.26 Å². The summed E-state index contributed by atoms with van der Waals surface area (Å²) in [6.45, 7) is 0. The second-order valence-electron chi connectivity index (χ2n) is 6.51. The molecule has 4 rings (SSSR count). The predicted octanol–water partition coefficient (Wildman–Crippen LogP) is 3.04. The number of allylic oxidation sites excluding steroid dienone is 1. The molecule has 3 aromatic rings. The van der Waals surface area contributed by atoms with Crippen molar-refractivity contribution in [3.8, 4) is 29.1 Å². The minimum Gasteiger partial charge on any atom is -0.493 e. The third-order valence-electron chi connectivity index (χ3n) is 4.99. The minimum absolute atomic E-state index is 0.0827. The van der Waals surface area contributed by atoms with Gasteiger partial charge >= 0.3 is 5.63 Å². The summed E-state index contributed by atoms with van der Waals surface area (Å²) < 4.78 is 27.5. The molecule has 0 amide bonds. The van der Waals surface area contributed by atoms with Crippen LogP contribution in [0.25, 0.3) is 11.0 Å². The van der Waals surface area contributed by atoms with E-state index in [1.165, 1.54) is 21.3 Å². The quantitative estimate of drug-likeness (QED) is 0.657. The van der Waals surface area contributed by atoms with Crippen LogP contribution in [0.4, 0.5) is 0 Å². The maximum atomic E-state index is 13.0. The number of hydrogen-bond acceptors (Lipinski definition) is 8. The molecule has 0 radical (unpaired) electrons. The maximum absolute atomic E-state index is 13.0. The summed E-state index contributed by atoms with van der Waals surface area (Å²) in [6.07, 6.45) is 0. The Morgan fingerprint density at radius 2 is 1.73 bits per heavy atom. The molecule has 0 unspecified atom stereocenters. The van der Waals surface area contributed by atoms with Gasteiger partial charge < -0.3 is 29.1 Å². The van der Waals surface area contributed by atoms with Gasteiger partial charge in [0.2, 0.25) is 11.6 Å². The lowest BCUT2D eigenvalue weighted by molar-refractivity contribution is 0.323. The fourth-order valence-corrected chi connectivity index (χ4v) is 3.67. The van der Waals surface area contributed by atoms with Gasteiger partial charge in [-0.1, -0.05) is 12.1 Å². The van der Waals surface area contributed by atoms with E-state index in [0.717, 1.165) is 0 Å². The average Bonchev–Trinajstić information content (AvgIpc) is 2.77. The number of para-hydroxylation sites is 1. The third-order valence-corrected chi connectivity index (χ3v) is 4.99. The number of ether oxygens (including phenoxy) is 4. The Morgan fingerprint density at radius 1 is 1.07 bits per heavy atom. The highest BCUT2D eigenvalue weighted by molar-refractivity contribution is 5.86. The molecular formula is C22H18N2O6. The molecule has 0 saturated heterocycles. The highest BCUT2D eigenvalue weighted by atomic mass is 16.5. The van der Waals surface area contributed by atoms with Crippen LogP contribution in [0.1, 0.15) is 17.0 Å². The first kappa shape index (κ1) is 19.2. The van der Waals surface area contributed by atoms with Gasteiger partial charge in [-0.3, -0.25) is 0 Å². The zero-order chi connectivity index (χ0) is 21.4. The van der Waals surface area contributed by atoms with Gasteiger partial charge in [0.05, 0.1) is 38.2 Å². The fourth-order valence-electron chi connectivity index (χ4n) is 3.67. The van der Waals surface area contributed by atoms with Crippen molar-refractivity contribution >= 4 is 11.0 Å². The van der Waals surface area contributed by atoms with E-state index in [9.17, 15) is 10.1 Å². The first-order chi connectivity index (χ1) is 14.5. The van der Waals surface area contributed by atoms with Gasteiger partial charge in [0.15, 0.2) is 17.2 Å². The minimum atomic E-state index is -0.840. The number of methoxy groups -OCH3 is 3. The Bertz CT molecular complexity index is 1260. The van der Waals surface area contributed by atoms with Crippen molar-refractivity contribution in [1.82, 2.24) is 0 Å². The number of hydrogen-bond donors (Lipinski definition) is 1. The van der Waals surface area contributed by atoms with Crippen molar-refractivity contribution in [3.63, 3.8) is 0 Å². The lowest BCUT2D eigenvalue weighted by Crippen LogP contribution is -2.26. The molecule has 0 bridgehead atoms. The van der Waals surface area contributed by atoms with Gasteiger partial charge in [-0.15, -0.1) is 0 Å². The van der Waals surface area contributed by atoms with Crippen LogP contribution in [-0.2, 0) is 0 Å². The van der Waals surface area contributed by atoms with E-state index >= 15 is 0 Å². The molecule has 2 N–H and O–H groups in total. The lowest BCUT2D eigenvalue weighted by Gasteiger charge is -2.26. The zero-order valence-corrected chi connectivity index (χ0v) is 16.5. The molecule has 1 atom stereocenters. The Hall–Kier alpha value is -4.12. The molecule has 1 aromatic heterocycles. The molecule has 0 saturated carbocycles. The van der Waals surface area contributed by atoms with Crippen LogP contribution >= 0.6 is 0 Å². The number of nitrogens with zero attached hydrogens (tertiary/aromatic N) is 1. The fraction of sp³-hybridized carbons (Fsp3) is 0.182. The number of nitrogens with two attached hydrogens (primary N) is 1. The van der Waals surface area contributed by atoms with Crippen molar-refractivity contribution in [2.75, 3.05) is 21.3 Å². The van der Waals surface area contributed by atoms with Gasteiger partial charge in [0, 0.05) is 0 Å². The van der Waals surface area contributed by atoms with Crippen molar-refractivity contribution in [2.45, 2.75) is 5.92 Å². The van der Waals surface area contributed by atoms with Crippen molar-refractivity contribution in [2.24, 2.45) is 5.73 Å². The van der Waals surface area contributed by atoms with Crippen molar-refractivity contribution < 1.29 is 23.4 Å². The van der Waals surface area contributed by atoms with Crippen LogP contribution in [0.5, 0.6) is 23.0 Å². The molecule has 2 heterocycles. The van der Waals surface area contributed by atoms with Crippen molar-refractivity contribution in [1.29, 1.82) is 5.26 Å².